The maximum atomic E-state index is 13.4. The third-order valence-corrected chi connectivity index (χ3v) is 3.51. The van der Waals surface area contributed by atoms with Crippen molar-refractivity contribution in [3.05, 3.63) is 64.7 Å². The summed E-state index contributed by atoms with van der Waals surface area (Å²) >= 11 is 0. The van der Waals surface area contributed by atoms with Crippen LogP contribution >= 0.6 is 0 Å². The number of hydrogen-bond acceptors (Lipinski definition) is 2. The van der Waals surface area contributed by atoms with Crippen LogP contribution in [0.5, 0.6) is 0 Å². The lowest BCUT2D eigenvalue weighted by atomic mass is 9.96. The van der Waals surface area contributed by atoms with Gasteiger partial charge in [0.2, 0.25) is 0 Å². The lowest BCUT2D eigenvalue weighted by Gasteiger charge is -2.20. The normalized spacial score (nSPS) is 12.4. The molecule has 2 nitrogen and oxygen atoms in total. The zero-order chi connectivity index (χ0) is 14.5. The van der Waals surface area contributed by atoms with Crippen molar-refractivity contribution in [2.45, 2.75) is 33.2 Å². The average molecular weight is 272 g/mol. The molecule has 106 valence electrons. The first kappa shape index (κ1) is 14.7. The Bertz CT molecular complexity index is 581. The zero-order valence-corrected chi connectivity index (χ0v) is 12.3. The molecule has 3 heteroatoms. The molecule has 1 atom stereocenters. The molecule has 0 aliphatic heterocycles. The maximum Gasteiger partial charge on any atom is 0.123 e. The van der Waals surface area contributed by atoms with Gasteiger partial charge < -0.3 is 5.32 Å². The van der Waals surface area contributed by atoms with Crippen LogP contribution in [0, 0.1) is 19.7 Å². The summed E-state index contributed by atoms with van der Waals surface area (Å²) in [5.41, 5.74) is 4.37. The minimum atomic E-state index is -0.174. The van der Waals surface area contributed by atoms with Crippen LogP contribution in [0.1, 0.15) is 35.3 Å². The number of halogens is 1. The first-order chi connectivity index (χ1) is 9.60. The topological polar surface area (TPSA) is 24.9 Å². The van der Waals surface area contributed by atoms with Gasteiger partial charge in [0.15, 0.2) is 0 Å². The van der Waals surface area contributed by atoms with E-state index in [9.17, 15) is 4.39 Å². The molecule has 0 bridgehead atoms. The number of nitrogens with one attached hydrogen (secondary N) is 1. The number of pyridine rings is 1. The van der Waals surface area contributed by atoms with Crippen LogP contribution in [0.15, 0.2) is 36.5 Å². The molecule has 1 N–H and O–H groups in total. The fraction of sp³-hybridized carbons (Fsp3) is 0.353. The summed E-state index contributed by atoms with van der Waals surface area (Å²) in [6.45, 7) is 6.97. The van der Waals surface area contributed by atoms with Crippen molar-refractivity contribution in [1.82, 2.24) is 10.3 Å². The second-order valence-corrected chi connectivity index (χ2v) is 5.12. The van der Waals surface area contributed by atoms with Crippen molar-refractivity contribution in [2.24, 2.45) is 0 Å². The molecule has 0 spiro atoms. The second-order valence-electron chi connectivity index (χ2n) is 5.12. The van der Waals surface area contributed by atoms with Gasteiger partial charge in [-0.2, -0.15) is 0 Å². The lowest BCUT2D eigenvalue weighted by molar-refractivity contribution is 0.544. The number of rotatable bonds is 5. The van der Waals surface area contributed by atoms with Crippen molar-refractivity contribution in [3.8, 4) is 0 Å². The smallest absolute Gasteiger partial charge is 0.123 e. The van der Waals surface area contributed by atoms with Crippen molar-refractivity contribution in [3.63, 3.8) is 0 Å². The van der Waals surface area contributed by atoms with Crippen molar-refractivity contribution in [1.29, 1.82) is 0 Å². The predicted octanol–water partition coefficient (Wildman–Crippen LogP) is 3.73. The summed E-state index contributed by atoms with van der Waals surface area (Å²) in [7, 11) is 0. The molecular weight excluding hydrogens is 251 g/mol. The summed E-state index contributed by atoms with van der Waals surface area (Å²) < 4.78 is 13.4. The van der Waals surface area contributed by atoms with Crippen LogP contribution in [0.2, 0.25) is 0 Å². The quantitative estimate of drug-likeness (QED) is 0.897. The van der Waals surface area contributed by atoms with Crippen LogP contribution in [-0.2, 0) is 6.42 Å². The third-order valence-electron chi connectivity index (χ3n) is 3.51. The van der Waals surface area contributed by atoms with E-state index in [4.69, 9.17) is 0 Å². The molecule has 2 aromatic rings. The van der Waals surface area contributed by atoms with Gasteiger partial charge in [0.25, 0.3) is 0 Å². The van der Waals surface area contributed by atoms with Gasteiger partial charge >= 0.3 is 0 Å². The van der Waals surface area contributed by atoms with Crippen LogP contribution in [-0.4, -0.2) is 11.5 Å². The Labute approximate surface area is 120 Å². The van der Waals surface area contributed by atoms with Gasteiger partial charge in [0, 0.05) is 17.9 Å². The highest BCUT2D eigenvalue weighted by atomic mass is 19.1. The number of nitrogens with zero attached hydrogens (tertiary/aromatic N) is 1. The van der Waals surface area contributed by atoms with Crippen LogP contribution < -0.4 is 5.32 Å². The Morgan fingerprint density at radius 1 is 1.20 bits per heavy atom. The van der Waals surface area contributed by atoms with E-state index in [1.54, 1.807) is 6.07 Å². The average Bonchev–Trinajstić information content (AvgIpc) is 2.42. The van der Waals surface area contributed by atoms with E-state index in [1.807, 2.05) is 32.2 Å². The first-order valence-electron chi connectivity index (χ1n) is 7.01. The molecule has 0 saturated carbocycles. The summed E-state index contributed by atoms with van der Waals surface area (Å²) in [4.78, 5) is 4.23. The van der Waals surface area contributed by atoms with Gasteiger partial charge in [-0.3, -0.25) is 4.98 Å². The van der Waals surface area contributed by atoms with E-state index in [0.29, 0.717) is 0 Å². The third kappa shape index (κ3) is 3.64. The molecular formula is C17H21FN2. The fourth-order valence-electron chi connectivity index (χ4n) is 2.42. The Hall–Kier alpha value is -1.74. The summed E-state index contributed by atoms with van der Waals surface area (Å²) in [5, 5.41) is 3.47. The predicted molar refractivity (Wildman–Crippen MR) is 80.2 cm³/mol. The summed E-state index contributed by atoms with van der Waals surface area (Å²) in [6.07, 6.45) is 2.61. The van der Waals surface area contributed by atoms with Gasteiger partial charge in [-0.1, -0.05) is 13.0 Å². The molecule has 20 heavy (non-hydrogen) atoms. The van der Waals surface area contributed by atoms with E-state index in [1.165, 1.54) is 11.6 Å². The standard InChI is InChI=1S/C17H21FN2/c1-4-19-17(14-7-8-20-13(3)9-14)11-15-10-16(18)6-5-12(15)2/h5-10,17,19H,4,11H2,1-3H3. The molecule has 1 aromatic heterocycles. The molecule has 0 radical (unpaired) electrons. The number of likely N-dealkylation sites (N-methyl/N-ethyl adjacent to an activating group) is 1. The van der Waals surface area contributed by atoms with Gasteiger partial charge in [0.05, 0.1) is 0 Å². The molecule has 1 heterocycles. The molecule has 2 rings (SSSR count). The molecule has 0 aliphatic rings. The maximum absolute atomic E-state index is 13.4. The number of aryl methyl sites for hydroxylation is 2. The van der Waals surface area contributed by atoms with Gasteiger partial charge in [-0.25, -0.2) is 4.39 Å². The highest BCUT2D eigenvalue weighted by Gasteiger charge is 2.13. The number of hydrogen-bond donors (Lipinski definition) is 1. The minimum absolute atomic E-state index is 0.174. The van der Waals surface area contributed by atoms with Crippen LogP contribution in [0.4, 0.5) is 4.39 Å². The Balaban J connectivity index is 2.27. The van der Waals surface area contributed by atoms with Crippen molar-refractivity contribution >= 4 is 0 Å². The first-order valence-corrected chi connectivity index (χ1v) is 7.01. The summed E-state index contributed by atoms with van der Waals surface area (Å²) in [6, 6.07) is 9.27. The Morgan fingerprint density at radius 2 is 2.00 bits per heavy atom. The minimum Gasteiger partial charge on any atom is -0.310 e. The Kier molecular flexibility index (Phi) is 4.85. The second kappa shape index (κ2) is 6.62. The van der Waals surface area contributed by atoms with Gasteiger partial charge in [-0.15, -0.1) is 0 Å². The van der Waals surface area contributed by atoms with Gasteiger partial charge in [-0.05, 0) is 67.8 Å². The molecule has 0 amide bonds. The fourth-order valence-corrected chi connectivity index (χ4v) is 2.42. The van der Waals surface area contributed by atoms with Gasteiger partial charge in [0.1, 0.15) is 5.82 Å². The van der Waals surface area contributed by atoms with E-state index >= 15 is 0 Å². The Morgan fingerprint density at radius 3 is 2.70 bits per heavy atom. The largest absolute Gasteiger partial charge is 0.310 e. The molecule has 1 unspecified atom stereocenters. The van der Waals surface area contributed by atoms with E-state index in [2.05, 4.69) is 23.3 Å². The van der Waals surface area contributed by atoms with Crippen LogP contribution in [0.25, 0.3) is 0 Å². The summed E-state index contributed by atoms with van der Waals surface area (Å²) in [5.74, 6) is -0.174. The lowest BCUT2D eigenvalue weighted by Crippen LogP contribution is -2.23. The zero-order valence-electron chi connectivity index (χ0n) is 12.3. The van der Waals surface area contributed by atoms with E-state index in [-0.39, 0.29) is 11.9 Å². The molecule has 1 aromatic carbocycles. The molecule has 0 aliphatic carbocycles. The molecule has 0 saturated heterocycles. The van der Waals surface area contributed by atoms with E-state index in [0.717, 1.165) is 29.8 Å². The van der Waals surface area contributed by atoms with E-state index < -0.39 is 0 Å². The van der Waals surface area contributed by atoms with Crippen LogP contribution in [0.3, 0.4) is 0 Å². The highest BCUT2D eigenvalue weighted by molar-refractivity contribution is 5.30. The monoisotopic (exact) mass is 272 g/mol. The van der Waals surface area contributed by atoms with Crippen molar-refractivity contribution < 1.29 is 4.39 Å². The number of aromatic nitrogens is 1. The van der Waals surface area contributed by atoms with Crippen molar-refractivity contribution in [2.75, 3.05) is 6.54 Å². The number of benzene rings is 1. The highest BCUT2D eigenvalue weighted by Crippen LogP contribution is 2.21. The SMILES string of the molecule is CCNC(Cc1cc(F)ccc1C)c1ccnc(C)c1. The molecule has 0 fully saturated rings.